The van der Waals surface area contributed by atoms with E-state index in [4.69, 9.17) is 14.2 Å². The SMILES string of the molecule is COC1O[C@@H](C)[C@@H]2[C@@H](C#C[C@H]3CCC[C@H](C)N3C(=O)OC(C)(C)C)[C@@H]3CCCC[C@@H]3C[C@H]12. The molecule has 0 spiro atoms. The summed E-state index contributed by atoms with van der Waals surface area (Å²) in [5.41, 5.74) is -0.496. The van der Waals surface area contributed by atoms with Gasteiger partial charge in [-0.2, -0.15) is 0 Å². The van der Waals surface area contributed by atoms with Crippen molar-refractivity contribution in [2.24, 2.45) is 29.6 Å². The molecule has 0 aromatic carbocycles. The van der Waals surface area contributed by atoms with Gasteiger partial charge in [-0.1, -0.05) is 31.1 Å². The van der Waals surface area contributed by atoms with Crippen molar-refractivity contribution in [2.75, 3.05) is 7.11 Å². The minimum atomic E-state index is -0.496. The first-order chi connectivity index (χ1) is 15.2. The van der Waals surface area contributed by atoms with Gasteiger partial charge in [-0.3, -0.25) is 4.90 Å². The third kappa shape index (κ3) is 4.82. The maximum absolute atomic E-state index is 13.0. The Morgan fingerprint density at radius 2 is 1.75 bits per heavy atom. The molecule has 4 fully saturated rings. The van der Waals surface area contributed by atoms with Crippen molar-refractivity contribution in [2.45, 2.75) is 116 Å². The molecule has 0 bridgehead atoms. The van der Waals surface area contributed by atoms with Gasteiger partial charge in [0.15, 0.2) is 6.29 Å². The van der Waals surface area contributed by atoms with Crippen LogP contribution in [0.25, 0.3) is 0 Å². The third-order valence-electron chi connectivity index (χ3n) is 8.32. The molecule has 32 heavy (non-hydrogen) atoms. The molecule has 0 radical (unpaired) electrons. The van der Waals surface area contributed by atoms with Gasteiger partial charge in [-0.05, 0) is 78.6 Å². The molecule has 4 rings (SSSR count). The van der Waals surface area contributed by atoms with Crippen LogP contribution in [0, 0.1) is 41.4 Å². The van der Waals surface area contributed by atoms with E-state index < -0.39 is 5.60 Å². The number of likely N-dealkylation sites (tertiary alicyclic amines) is 1. The van der Waals surface area contributed by atoms with Crippen LogP contribution < -0.4 is 0 Å². The molecule has 0 N–H and O–H groups in total. The fourth-order valence-corrected chi connectivity index (χ4v) is 6.98. The van der Waals surface area contributed by atoms with E-state index in [1.54, 1.807) is 7.11 Å². The Balaban J connectivity index is 1.60. The maximum Gasteiger partial charge on any atom is 0.411 e. The van der Waals surface area contributed by atoms with Crippen molar-refractivity contribution in [3.05, 3.63) is 0 Å². The Bertz CT molecular complexity index is 734. The summed E-state index contributed by atoms with van der Waals surface area (Å²) >= 11 is 0. The number of carbonyl (C=O) groups is 1. The quantitative estimate of drug-likeness (QED) is 0.492. The highest BCUT2D eigenvalue weighted by atomic mass is 16.7. The first-order valence-electron chi connectivity index (χ1n) is 12.9. The monoisotopic (exact) mass is 445 g/mol. The summed E-state index contributed by atoms with van der Waals surface area (Å²) in [5, 5.41) is 0. The fourth-order valence-electron chi connectivity index (χ4n) is 6.98. The zero-order valence-electron chi connectivity index (χ0n) is 20.9. The van der Waals surface area contributed by atoms with Crippen LogP contribution in [0.15, 0.2) is 0 Å². The number of nitrogens with zero attached hydrogens (tertiary/aromatic N) is 1. The molecule has 2 aliphatic heterocycles. The smallest absolute Gasteiger partial charge is 0.411 e. The van der Waals surface area contributed by atoms with E-state index in [0.717, 1.165) is 25.2 Å². The fraction of sp³-hybridized carbons (Fsp3) is 0.889. The van der Waals surface area contributed by atoms with E-state index in [2.05, 4.69) is 25.7 Å². The molecule has 4 aliphatic rings. The number of hydrogen-bond donors (Lipinski definition) is 0. The number of fused-ring (bicyclic) bond motifs is 2. The summed E-state index contributed by atoms with van der Waals surface area (Å²) in [7, 11) is 1.77. The van der Waals surface area contributed by atoms with Crippen LogP contribution in [-0.2, 0) is 14.2 Å². The van der Waals surface area contributed by atoms with Crippen molar-refractivity contribution < 1.29 is 19.0 Å². The van der Waals surface area contributed by atoms with Gasteiger partial charge in [0.1, 0.15) is 5.60 Å². The first kappa shape index (κ1) is 23.9. The molecule has 9 atom stereocenters. The lowest BCUT2D eigenvalue weighted by atomic mass is 9.57. The standard InChI is InChI=1S/C27H43NO4/c1-17-10-9-12-20(28(17)26(29)32-27(3,4)5)14-15-22-21-13-8-7-11-19(21)16-23-24(22)18(2)31-25(23)30-6/h17-25H,7-13,16H2,1-6H3/t17-,18-,19+,20+,21+,22-,23-,24+,25?/m0/s1. The average Bonchev–Trinajstić information content (AvgIpc) is 3.05. The van der Waals surface area contributed by atoms with Crippen molar-refractivity contribution in [3.8, 4) is 11.8 Å². The normalized spacial score (nSPS) is 41.8. The highest BCUT2D eigenvalue weighted by molar-refractivity contribution is 5.69. The summed E-state index contributed by atoms with van der Waals surface area (Å²) in [6.07, 6.45) is 9.32. The predicted octanol–water partition coefficient (Wildman–Crippen LogP) is 5.62. The van der Waals surface area contributed by atoms with E-state index in [0.29, 0.717) is 23.7 Å². The molecule has 0 aromatic rings. The van der Waals surface area contributed by atoms with Crippen molar-refractivity contribution >= 4 is 6.09 Å². The number of methoxy groups -OCH3 is 1. The Morgan fingerprint density at radius 1 is 1.00 bits per heavy atom. The molecule has 5 heteroatoms. The summed E-state index contributed by atoms with van der Waals surface area (Å²) in [6, 6.07) is 0.0953. The van der Waals surface area contributed by atoms with Gasteiger partial charge in [-0.25, -0.2) is 4.79 Å². The molecule has 5 nitrogen and oxygen atoms in total. The largest absolute Gasteiger partial charge is 0.444 e. The number of piperidine rings is 1. The van der Waals surface area contributed by atoms with E-state index in [1.807, 2.05) is 25.7 Å². The van der Waals surface area contributed by atoms with Crippen molar-refractivity contribution in [3.63, 3.8) is 0 Å². The minimum Gasteiger partial charge on any atom is -0.444 e. The molecule has 2 saturated heterocycles. The van der Waals surface area contributed by atoms with Crippen molar-refractivity contribution in [1.82, 2.24) is 4.90 Å². The molecular formula is C27H43NO4. The highest BCUT2D eigenvalue weighted by Crippen LogP contribution is 2.54. The highest BCUT2D eigenvalue weighted by Gasteiger charge is 2.54. The third-order valence-corrected chi connectivity index (χ3v) is 8.32. The Kier molecular flexibility index (Phi) is 7.13. The lowest BCUT2D eigenvalue weighted by Gasteiger charge is -2.46. The zero-order chi connectivity index (χ0) is 23.0. The van der Waals surface area contributed by atoms with E-state index in [9.17, 15) is 4.79 Å². The maximum atomic E-state index is 13.0. The number of ether oxygens (including phenoxy) is 3. The minimum absolute atomic E-state index is 0.0631. The summed E-state index contributed by atoms with van der Waals surface area (Å²) in [5.74, 6) is 9.94. The van der Waals surface area contributed by atoms with E-state index in [1.165, 1.54) is 32.1 Å². The lowest BCUT2D eigenvalue weighted by molar-refractivity contribution is -0.132. The van der Waals surface area contributed by atoms with Crippen LogP contribution in [0.1, 0.15) is 86.0 Å². The molecule has 2 heterocycles. The number of carbonyl (C=O) groups excluding carboxylic acids is 1. The van der Waals surface area contributed by atoms with Crippen LogP contribution in [-0.4, -0.2) is 48.2 Å². The average molecular weight is 446 g/mol. The molecule has 2 saturated carbocycles. The lowest BCUT2D eigenvalue weighted by Crippen LogP contribution is -2.50. The van der Waals surface area contributed by atoms with Crippen molar-refractivity contribution in [1.29, 1.82) is 0 Å². The topological polar surface area (TPSA) is 48.0 Å². The van der Waals surface area contributed by atoms with Gasteiger partial charge in [-0.15, -0.1) is 0 Å². The second-order valence-corrected chi connectivity index (χ2v) is 11.6. The second kappa shape index (κ2) is 9.55. The van der Waals surface area contributed by atoms with Gasteiger partial charge < -0.3 is 14.2 Å². The van der Waals surface area contributed by atoms with Crippen LogP contribution in [0.5, 0.6) is 0 Å². The molecule has 2 aliphatic carbocycles. The van der Waals surface area contributed by atoms with Gasteiger partial charge in [0.25, 0.3) is 0 Å². The van der Waals surface area contributed by atoms with Crippen LogP contribution in [0.4, 0.5) is 4.79 Å². The van der Waals surface area contributed by atoms with E-state index >= 15 is 0 Å². The summed E-state index contributed by atoms with van der Waals surface area (Å²) in [6.45, 7) is 10.1. The molecule has 180 valence electrons. The first-order valence-corrected chi connectivity index (χ1v) is 12.9. The second-order valence-electron chi connectivity index (χ2n) is 11.6. The van der Waals surface area contributed by atoms with Crippen LogP contribution >= 0.6 is 0 Å². The summed E-state index contributed by atoms with van der Waals surface area (Å²) < 4.78 is 17.7. The molecule has 1 amide bonds. The summed E-state index contributed by atoms with van der Waals surface area (Å²) in [4.78, 5) is 14.9. The van der Waals surface area contributed by atoms with Gasteiger partial charge in [0.2, 0.25) is 0 Å². The van der Waals surface area contributed by atoms with Crippen LogP contribution in [0.2, 0.25) is 0 Å². The van der Waals surface area contributed by atoms with Gasteiger partial charge in [0.05, 0.1) is 12.1 Å². The zero-order valence-corrected chi connectivity index (χ0v) is 20.9. The van der Waals surface area contributed by atoms with Crippen LogP contribution in [0.3, 0.4) is 0 Å². The molecule has 1 unspecified atom stereocenters. The predicted molar refractivity (Wildman–Crippen MR) is 125 cm³/mol. The Morgan fingerprint density at radius 3 is 2.47 bits per heavy atom. The molecular weight excluding hydrogens is 402 g/mol. The number of amides is 1. The Labute approximate surface area is 194 Å². The van der Waals surface area contributed by atoms with Gasteiger partial charge in [0, 0.05) is 30.9 Å². The van der Waals surface area contributed by atoms with Gasteiger partial charge >= 0.3 is 6.09 Å². The number of hydrogen-bond acceptors (Lipinski definition) is 4. The Hall–Kier alpha value is -1.25. The number of rotatable bonds is 1. The van der Waals surface area contributed by atoms with E-state index in [-0.39, 0.29) is 30.6 Å². The molecule has 0 aromatic heterocycles.